The maximum Gasteiger partial charge on any atom is 0.213 e. The van der Waals surface area contributed by atoms with Crippen LogP contribution in [0.3, 0.4) is 0 Å². The van der Waals surface area contributed by atoms with Crippen molar-refractivity contribution >= 4 is 0 Å². The van der Waals surface area contributed by atoms with E-state index in [1.54, 1.807) is 4.68 Å². The highest BCUT2D eigenvalue weighted by atomic mass is 16.3. The lowest BCUT2D eigenvalue weighted by Crippen LogP contribution is -2.12. The number of nitrogens with zero attached hydrogens (tertiary/aromatic N) is 2. The molecule has 1 heterocycles. The van der Waals surface area contributed by atoms with Gasteiger partial charge in [-0.3, -0.25) is 0 Å². The van der Waals surface area contributed by atoms with E-state index in [-0.39, 0.29) is 5.41 Å². The minimum atomic E-state index is -0.145. The number of rotatable bonds is 4. The summed E-state index contributed by atoms with van der Waals surface area (Å²) < 4.78 is 1.75. The number of aryl methyl sites for hydroxylation is 2. The van der Waals surface area contributed by atoms with Crippen LogP contribution in [-0.4, -0.2) is 14.9 Å². The van der Waals surface area contributed by atoms with Gasteiger partial charge in [-0.1, -0.05) is 57.9 Å². The number of benzene rings is 1. The molecule has 0 unspecified atom stereocenters. The normalized spacial score (nSPS) is 11.9. The van der Waals surface area contributed by atoms with Crippen molar-refractivity contribution in [2.45, 2.75) is 59.4 Å². The highest BCUT2D eigenvalue weighted by Crippen LogP contribution is 2.39. The van der Waals surface area contributed by atoms with Crippen LogP contribution in [0.15, 0.2) is 24.3 Å². The Labute approximate surface area is 127 Å². The zero-order valence-corrected chi connectivity index (χ0v) is 13.8. The highest BCUT2D eigenvalue weighted by Gasteiger charge is 2.28. The largest absolute Gasteiger partial charge is 0.493 e. The zero-order chi connectivity index (χ0) is 15.6. The molecule has 0 saturated heterocycles. The van der Waals surface area contributed by atoms with Crippen LogP contribution in [0.25, 0.3) is 11.3 Å². The van der Waals surface area contributed by atoms with E-state index in [0.717, 1.165) is 36.2 Å². The number of unbranched alkanes of at least 4 members (excludes halogenated alkanes) is 1. The third-order valence-corrected chi connectivity index (χ3v) is 3.69. The smallest absolute Gasteiger partial charge is 0.213 e. The van der Waals surface area contributed by atoms with Gasteiger partial charge in [-0.2, -0.15) is 5.10 Å². The van der Waals surface area contributed by atoms with Crippen molar-refractivity contribution in [1.82, 2.24) is 9.78 Å². The average molecular weight is 286 g/mol. The molecule has 0 bridgehead atoms. The molecule has 3 heteroatoms. The van der Waals surface area contributed by atoms with Crippen LogP contribution in [0.1, 0.15) is 51.7 Å². The molecule has 0 aliphatic rings. The number of hydrogen-bond acceptors (Lipinski definition) is 2. The van der Waals surface area contributed by atoms with Crippen LogP contribution in [0.4, 0.5) is 0 Å². The summed E-state index contributed by atoms with van der Waals surface area (Å²) in [7, 11) is 0. The van der Waals surface area contributed by atoms with Gasteiger partial charge < -0.3 is 5.11 Å². The van der Waals surface area contributed by atoms with Crippen molar-refractivity contribution in [2.75, 3.05) is 0 Å². The first-order valence-electron chi connectivity index (χ1n) is 7.72. The maximum atomic E-state index is 10.6. The van der Waals surface area contributed by atoms with Gasteiger partial charge >= 0.3 is 0 Å². The lowest BCUT2D eigenvalue weighted by Gasteiger charge is -2.19. The average Bonchev–Trinajstić information content (AvgIpc) is 2.73. The molecule has 0 saturated carbocycles. The van der Waals surface area contributed by atoms with Crippen LogP contribution in [0.5, 0.6) is 5.88 Å². The fourth-order valence-corrected chi connectivity index (χ4v) is 2.60. The number of hydrogen-bond donors (Lipinski definition) is 1. The lowest BCUT2D eigenvalue weighted by molar-refractivity contribution is 0.380. The van der Waals surface area contributed by atoms with Crippen LogP contribution in [0.2, 0.25) is 0 Å². The van der Waals surface area contributed by atoms with Crippen molar-refractivity contribution < 1.29 is 5.11 Å². The van der Waals surface area contributed by atoms with Gasteiger partial charge in [-0.05, 0) is 24.8 Å². The van der Waals surface area contributed by atoms with Crippen LogP contribution >= 0.6 is 0 Å². The van der Waals surface area contributed by atoms with Crippen molar-refractivity contribution in [2.24, 2.45) is 0 Å². The molecule has 0 radical (unpaired) electrons. The van der Waals surface area contributed by atoms with E-state index in [1.807, 2.05) is 6.07 Å². The Bertz CT molecular complexity index is 621. The molecule has 2 rings (SSSR count). The molecule has 114 valence electrons. The highest BCUT2D eigenvalue weighted by molar-refractivity contribution is 5.67. The van der Waals surface area contributed by atoms with Gasteiger partial charge in [-0.15, -0.1) is 0 Å². The summed E-state index contributed by atoms with van der Waals surface area (Å²) in [6.45, 7) is 11.3. The first-order chi connectivity index (χ1) is 9.84. The lowest BCUT2D eigenvalue weighted by atomic mass is 9.85. The molecule has 21 heavy (non-hydrogen) atoms. The van der Waals surface area contributed by atoms with Crippen molar-refractivity contribution in [3.05, 3.63) is 35.4 Å². The zero-order valence-electron chi connectivity index (χ0n) is 13.8. The van der Waals surface area contributed by atoms with Crippen LogP contribution in [0, 0.1) is 6.92 Å². The Kier molecular flexibility index (Phi) is 4.40. The van der Waals surface area contributed by atoms with Crippen molar-refractivity contribution in [3.8, 4) is 17.1 Å². The molecular weight excluding hydrogens is 260 g/mol. The minimum absolute atomic E-state index is 0.145. The molecule has 3 nitrogen and oxygen atoms in total. The number of aromatic nitrogens is 2. The Balaban J connectivity index is 2.58. The van der Waals surface area contributed by atoms with E-state index in [1.165, 1.54) is 5.56 Å². The maximum absolute atomic E-state index is 10.6. The molecule has 0 aliphatic heterocycles. The molecule has 1 aromatic heterocycles. The summed E-state index contributed by atoms with van der Waals surface area (Å²) in [5.41, 5.74) is 3.97. The summed E-state index contributed by atoms with van der Waals surface area (Å²) in [5.74, 6) is 0.312. The monoisotopic (exact) mass is 286 g/mol. The first-order valence-corrected chi connectivity index (χ1v) is 7.72. The van der Waals surface area contributed by atoms with Gasteiger partial charge in [0.15, 0.2) is 0 Å². The fraction of sp³-hybridized carbons (Fsp3) is 0.500. The third kappa shape index (κ3) is 3.29. The van der Waals surface area contributed by atoms with E-state index >= 15 is 0 Å². The van der Waals surface area contributed by atoms with Crippen molar-refractivity contribution in [1.29, 1.82) is 0 Å². The van der Waals surface area contributed by atoms with E-state index in [0.29, 0.717) is 5.88 Å². The van der Waals surface area contributed by atoms with Crippen LogP contribution in [-0.2, 0) is 12.0 Å². The topological polar surface area (TPSA) is 38.0 Å². The Morgan fingerprint density at radius 3 is 2.52 bits per heavy atom. The van der Waals surface area contributed by atoms with Gasteiger partial charge in [0.2, 0.25) is 5.88 Å². The van der Waals surface area contributed by atoms with Gasteiger partial charge in [0.1, 0.15) is 0 Å². The van der Waals surface area contributed by atoms with Crippen LogP contribution < -0.4 is 0 Å². The molecule has 0 aliphatic carbocycles. The van der Waals surface area contributed by atoms with E-state index in [9.17, 15) is 5.11 Å². The molecule has 0 atom stereocenters. The second-order valence-electron chi connectivity index (χ2n) is 6.74. The third-order valence-electron chi connectivity index (χ3n) is 3.69. The predicted octanol–water partition coefficient (Wildman–Crippen LogP) is 4.66. The molecule has 1 aromatic carbocycles. The molecule has 1 N–H and O–H groups in total. The van der Waals surface area contributed by atoms with Gasteiger partial charge in [0, 0.05) is 17.7 Å². The summed E-state index contributed by atoms with van der Waals surface area (Å²) >= 11 is 0. The van der Waals surface area contributed by atoms with Gasteiger partial charge in [0.25, 0.3) is 0 Å². The van der Waals surface area contributed by atoms with Crippen molar-refractivity contribution in [3.63, 3.8) is 0 Å². The second-order valence-corrected chi connectivity index (χ2v) is 6.74. The summed E-state index contributed by atoms with van der Waals surface area (Å²) in [5, 5.41) is 15.3. The molecule has 0 amide bonds. The summed E-state index contributed by atoms with van der Waals surface area (Å²) in [6, 6.07) is 8.31. The van der Waals surface area contributed by atoms with E-state index in [2.05, 4.69) is 52.8 Å². The molecular formula is C18H26N2O. The van der Waals surface area contributed by atoms with Gasteiger partial charge in [-0.25, -0.2) is 4.68 Å². The SMILES string of the molecule is CCCCn1nc(-c2cccc(C)c2)c(C(C)(C)C)c1O. The molecule has 2 aromatic rings. The summed E-state index contributed by atoms with van der Waals surface area (Å²) in [6.07, 6.45) is 2.11. The molecule has 0 spiro atoms. The predicted molar refractivity (Wildman–Crippen MR) is 87.7 cm³/mol. The Morgan fingerprint density at radius 1 is 1.24 bits per heavy atom. The standard InChI is InChI=1S/C18H26N2O/c1-6-7-11-20-17(21)15(18(3,4)5)16(19-20)14-10-8-9-13(2)12-14/h8-10,12,21H,6-7,11H2,1-5H3. The first kappa shape index (κ1) is 15.6. The number of aromatic hydroxyl groups is 1. The summed E-state index contributed by atoms with van der Waals surface area (Å²) in [4.78, 5) is 0. The fourth-order valence-electron chi connectivity index (χ4n) is 2.60. The minimum Gasteiger partial charge on any atom is -0.493 e. The molecule has 0 fully saturated rings. The quantitative estimate of drug-likeness (QED) is 0.887. The van der Waals surface area contributed by atoms with E-state index < -0.39 is 0 Å². The van der Waals surface area contributed by atoms with Gasteiger partial charge in [0.05, 0.1) is 5.69 Å². The van der Waals surface area contributed by atoms with E-state index in [4.69, 9.17) is 5.10 Å². The Hall–Kier alpha value is -1.77. The Morgan fingerprint density at radius 2 is 1.95 bits per heavy atom. The second kappa shape index (κ2) is 5.92.